The van der Waals surface area contributed by atoms with E-state index in [1.165, 1.54) is 32.4 Å². The van der Waals surface area contributed by atoms with Gasteiger partial charge >= 0.3 is 11.9 Å². The number of carbonyl (C=O) groups excluding carboxylic acids is 3. The molecule has 2 aromatic rings. The molecular formula is C20H21NO5S. The Morgan fingerprint density at radius 3 is 2.22 bits per heavy atom. The van der Waals surface area contributed by atoms with Crippen molar-refractivity contribution in [1.29, 1.82) is 0 Å². The third kappa shape index (κ3) is 5.10. The van der Waals surface area contributed by atoms with E-state index >= 15 is 0 Å². The summed E-state index contributed by atoms with van der Waals surface area (Å²) in [5.74, 6) is -1.57. The maximum Gasteiger partial charge on any atom is 0.339 e. The Hall–Kier alpha value is -2.80. The molecule has 27 heavy (non-hydrogen) atoms. The van der Waals surface area contributed by atoms with Crippen molar-refractivity contribution in [2.24, 2.45) is 0 Å². The highest BCUT2D eigenvalue weighted by atomic mass is 32.2. The summed E-state index contributed by atoms with van der Waals surface area (Å²) >= 11 is 1.56. The SMILES string of the molecule is COC(=O)c1ccc(C(=O)OC)c(NC(=O)c2ccccc2SC(C)C)c1. The summed E-state index contributed by atoms with van der Waals surface area (Å²) in [6.07, 6.45) is 0. The van der Waals surface area contributed by atoms with Crippen molar-refractivity contribution in [2.45, 2.75) is 24.0 Å². The fraction of sp³-hybridized carbons (Fsp3) is 0.250. The lowest BCUT2D eigenvalue weighted by Gasteiger charge is -2.14. The lowest BCUT2D eigenvalue weighted by atomic mass is 10.1. The maximum absolute atomic E-state index is 12.8. The molecule has 1 N–H and O–H groups in total. The van der Waals surface area contributed by atoms with Crippen molar-refractivity contribution >= 4 is 35.3 Å². The summed E-state index contributed by atoms with van der Waals surface area (Å²) < 4.78 is 9.46. The van der Waals surface area contributed by atoms with E-state index in [9.17, 15) is 14.4 Å². The fourth-order valence-electron chi connectivity index (χ4n) is 2.38. The number of ether oxygens (including phenoxy) is 2. The van der Waals surface area contributed by atoms with E-state index in [1.54, 1.807) is 23.9 Å². The Morgan fingerprint density at radius 1 is 0.926 bits per heavy atom. The normalized spacial score (nSPS) is 10.4. The Labute approximate surface area is 162 Å². The van der Waals surface area contributed by atoms with Gasteiger partial charge in [-0.05, 0) is 30.3 Å². The molecule has 0 aliphatic carbocycles. The first kappa shape index (κ1) is 20.5. The Kier molecular flexibility index (Phi) is 7.01. The number of methoxy groups -OCH3 is 2. The number of nitrogens with one attached hydrogen (secondary N) is 1. The predicted molar refractivity (Wildman–Crippen MR) is 105 cm³/mol. The van der Waals surface area contributed by atoms with Crippen LogP contribution in [0.5, 0.6) is 0 Å². The van der Waals surface area contributed by atoms with E-state index in [1.807, 2.05) is 26.0 Å². The van der Waals surface area contributed by atoms with Crippen LogP contribution in [0.2, 0.25) is 0 Å². The molecule has 0 heterocycles. The van der Waals surface area contributed by atoms with Gasteiger partial charge in [-0.1, -0.05) is 26.0 Å². The van der Waals surface area contributed by atoms with Gasteiger partial charge in [-0.25, -0.2) is 9.59 Å². The first-order valence-corrected chi connectivity index (χ1v) is 9.13. The molecule has 2 aromatic carbocycles. The van der Waals surface area contributed by atoms with Crippen LogP contribution in [0.1, 0.15) is 44.9 Å². The van der Waals surface area contributed by atoms with Crippen molar-refractivity contribution in [3.05, 3.63) is 59.2 Å². The number of carbonyl (C=O) groups is 3. The quantitative estimate of drug-likeness (QED) is 0.596. The van der Waals surface area contributed by atoms with E-state index in [2.05, 4.69) is 5.32 Å². The zero-order chi connectivity index (χ0) is 20.0. The zero-order valence-corrected chi connectivity index (χ0v) is 16.4. The van der Waals surface area contributed by atoms with Gasteiger partial charge in [-0.2, -0.15) is 0 Å². The molecule has 0 aliphatic rings. The van der Waals surface area contributed by atoms with Crippen LogP contribution in [0.4, 0.5) is 5.69 Å². The second kappa shape index (κ2) is 9.23. The van der Waals surface area contributed by atoms with Gasteiger partial charge in [-0.15, -0.1) is 11.8 Å². The molecule has 0 atom stereocenters. The van der Waals surface area contributed by atoms with Gasteiger partial charge < -0.3 is 14.8 Å². The standard InChI is InChI=1S/C20H21NO5S/c1-12(2)27-17-8-6-5-7-15(17)18(22)21-16-11-13(19(23)25-3)9-10-14(16)20(24)26-4/h5-12H,1-4H3,(H,21,22). The minimum absolute atomic E-state index is 0.146. The van der Waals surface area contributed by atoms with Crippen LogP contribution < -0.4 is 5.32 Å². The monoisotopic (exact) mass is 387 g/mol. The van der Waals surface area contributed by atoms with E-state index in [0.29, 0.717) is 10.8 Å². The first-order chi connectivity index (χ1) is 12.9. The lowest BCUT2D eigenvalue weighted by Crippen LogP contribution is -2.17. The van der Waals surface area contributed by atoms with Gasteiger partial charge in [0.25, 0.3) is 5.91 Å². The zero-order valence-electron chi connectivity index (χ0n) is 15.6. The van der Waals surface area contributed by atoms with Crippen LogP contribution >= 0.6 is 11.8 Å². The van der Waals surface area contributed by atoms with Gasteiger partial charge in [0.15, 0.2) is 0 Å². The van der Waals surface area contributed by atoms with Crippen LogP contribution in [0.15, 0.2) is 47.4 Å². The number of esters is 2. The largest absolute Gasteiger partial charge is 0.465 e. The van der Waals surface area contributed by atoms with E-state index in [-0.39, 0.29) is 22.7 Å². The third-order valence-corrected chi connectivity index (χ3v) is 4.67. The summed E-state index contributed by atoms with van der Waals surface area (Å²) in [6.45, 7) is 4.07. The van der Waals surface area contributed by atoms with Crippen LogP contribution in [-0.4, -0.2) is 37.3 Å². The number of rotatable bonds is 6. The number of anilines is 1. The van der Waals surface area contributed by atoms with Crippen molar-refractivity contribution in [2.75, 3.05) is 19.5 Å². The molecule has 142 valence electrons. The average molecular weight is 387 g/mol. The van der Waals surface area contributed by atoms with Gasteiger partial charge in [0.05, 0.1) is 36.6 Å². The molecule has 1 amide bonds. The molecule has 0 bridgehead atoms. The molecule has 7 heteroatoms. The number of hydrogen-bond acceptors (Lipinski definition) is 6. The average Bonchev–Trinajstić information content (AvgIpc) is 2.66. The highest BCUT2D eigenvalue weighted by Crippen LogP contribution is 2.28. The number of hydrogen-bond donors (Lipinski definition) is 1. The Morgan fingerprint density at radius 2 is 1.59 bits per heavy atom. The van der Waals surface area contributed by atoms with Gasteiger partial charge in [0.1, 0.15) is 0 Å². The molecule has 2 rings (SSSR count). The van der Waals surface area contributed by atoms with Crippen LogP contribution in [0.25, 0.3) is 0 Å². The second-order valence-corrected chi connectivity index (χ2v) is 7.48. The van der Waals surface area contributed by atoms with E-state index < -0.39 is 11.9 Å². The molecule has 0 radical (unpaired) electrons. The summed E-state index contributed by atoms with van der Waals surface area (Å²) in [7, 11) is 2.50. The van der Waals surface area contributed by atoms with Crippen LogP contribution in [-0.2, 0) is 9.47 Å². The van der Waals surface area contributed by atoms with Crippen LogP contribution in [0, 0.1) is 0 Å². The van der Waals surface area contributed by atoms with E-state index in [4.69, 9.17) is 9.47 Å². The highest BCUT2D eigenvalue weighted by molar-refractivity contribution is 8.00. The number of amides is 1. The van der Waals surface area contributed by atoms with Crippen LogP contribution in [0.3, 0.4) is 0 Å². The minimum Gasteiger partial charge on any atom is -0.465 e. The Bertz CT molecular complexity index is 863. The molecule has 0 aromatic heterocycles. The first-order valence-electron chi connectivity index (χ1n) is 8.25. The molecule has 6 nitrogen and oxygen atoms in total. The molecule has 0 spiro atoms. The molecule has 0 saturated heterocycles. The second-order valence-electron chi connectivity index (χ2n) is 5.86. The van der Waals surface area contributed by atoms with E-state index in [0.717, 1.165) is 4.90 Å². The molecule has 0 aliphatic heterocycles. The highest BCUT2D eigenvalue weighted by Gasteiger charge is 2.19. The minimum atomic E-state index is -0.619. The maximum atomic E-state index is 12.8. The topological polar surface area (TPSA) is 81.7 Å². The summed E-state index contributed by atoms with van der Waals surface area (Å²) in [6, 6.07) is 11.5. The van der Waals surface area contributed by atoms with Crippen molar-refractivity contribution < 1.29 is 23.9 Å². The van der Waals surface area contributed by atoms with Crippen molar-refractivity contribution in [3.8, 4) is 0 Å². The molecule has 0 unspecified atom stereocenters. The van der Waals surface area contributed by atoms with Crippen molar-refractivity contribution in [3.63, 3.8) is 0 Å². The Balaban J connectivity index is 2.41. The third-order valence-electron chi connectivity index (χ3n) is 3.59. The smallest absolute Gasteiger partial charge is 0.339 e. The summed E-state index contributed by atoms with van der Waals surface area (Å²) in [4.78, 5) is 37.5. The van der Waals surface area contributed by atoms with Gasteiger partial charge in [0, 0.05) is 10.1 Å². The lowest BCUT2D eigenvalue weighted by molar-refractivity contribution is 0.0587. The summed E-state index contributed by atoms with van der Waals surface area (Å²) in [5, 5.41) is 3.01. The number of benzene rings is 2. The summed E-state index contributed by atoms with van der Waals surface area (Å²) in [5.41, 5.74) is 1.02. The molecular weight excluding hydrogens is 366 g/mol. The predicted octanol–water partition coefficient (Wildman–Crippen LogP) is 4.01. The van der Waals surface area contributed by atoms with Crippen molar-refractivity contribution in [1.82, 2.24) is 0 Å². The number of thioether (sulfide) groups is 1. The van der Waals surface area contributed by atoms with Gasteiger partial charge in [-0.3, -0.25) is 4.79 Å². The van der Waals surface area contributed by atoms with Gasteiger partial charge in [0.2, 0.25) is 0 Å². The molecule has 0 fully saturated rings. The fourth-order valence-corrected chi connectivity index (χ4v) is 3.33. The molecule has 0 saturated carbocycles.